The van der Waals surface area contributed by atoms with Crippen LogP contribution in [0.2, 0.25) is 0 Å². The number of allylic oxidation sites excluding steroid dienone is 1. The molecule has 1 aromatic carbocycles. The number of hydrogen-bond acceptors (Lipinski definition) is 3. The first-order valence-corrected chi connectivity index (χ1v) is 6.55. The summed E-state index contributed by atoms with van der Waals surface area (Å²) in [5.41, 5.74) is 6.70. The second-order valence-corrected chi connectivity index (χ2v) is 4.18. The van der Waals surface area contributed by atoms with E-state index in [1.165, 1.54) is 5.56 Å². The van der Waals surface area contributed by atoms with E-state index in [9.17, 15) is 0 Å². The third-order valence-electron chi connectivity index (χ3n) is 2.74. The molecule has 0 spiro atoms. The number of ether oxygens (including phenoxy) is 1. The van der Waals surface area contributed by atoms with Gasteiger partial charge in [-0.05, 0) is 31.2 Å². The van der Waals surface area contributed by atoms with Gasteiger partial charge in [-0.3, -0.25) is 4.90 Å². The molecule has 3 heteroatoms. The molecule has 0 aliphatic rings. The third-order valence-corrected chi connectivity index (χ3v) is 2.74. The first-order valence-electron chi connectivity index (χ1n) is 6.55. The van der Waals surface area contributed by atoms with Crippen molar-refractivity contribution in [2.75, 3.05) is 26.2 Å². The Morgan fingerprint density at radius 3 is 2.89 bits per heavy atom. The highest BCUT2D eigenvalue weighted by molar-refractivity contribution is 5.28. The van der Waals surface area contributed by atoms with Crippen molar-refractivity contribution in [3.05, 3.63) is 42.0 Å². The van der Waals surface area contributed by atoms with E-state index >= 15 is 0 Å². The van der Waals surface area contributed by atoms with Gasteiger partial charge in [-0.25, -0.2) is 0 Å². The smallest absolute Gasteiger partial charge is 0.119 e. The van der Waals surface area contributed by atoms with E-state index < -0.39 is 0 Å². The summed E-state index contributed by atoms with van der Waals surface area (Å²) in [6.45, 7) is 8.32. The van der Waals surface area contributed by atoms with Crippen LogP contribution in [0.15, 0.2) is 36.4 Å². The van der Waals surface area contributed by atoms with Crippen LogP contribution in [0.1, 0.15) is 19.4 Å². The van der Waals surface area contributed by atoms with Crippen LogP contribution in [0.5, 0.6) is 5.75 Å². The van der Waals surface area contributed by atoms with E-state index in [1.54, 1.807) is 0 Å². The lowest BCUT2D eigenvalue weighted by molar-refractivity contribution is 0.307. The fraction of sp³-hybridized carbons (Fsp3) is 0.467. The monoisotopic (exact) mass is 248 g/mol. The van der Waals surface area contributed by atoms with Gasteiger partial charge in [-0.1, -0.05) is 31.2 Å². The maximum absolute atomic E-state index is 5.53. The van der Waals surface area contributed by atoms with Crippen LogP contribution < -0.4 is 10.5 Å². The predicted octanol–water partition coefficient (Wildman–Crippen LogP) is 2.42. The van der Waals surface area contributed by atoms with E-state index in [2.05, 4.69) is 43.0 Å². The zero-order valence-corrected chi connectivity index (χ0v) is 11.4. The normalized spacial score (nSPS) is 11.3. The second kappa shape index (κ2) is 8.72. The lowest BCUT2D eigenvalue weighted by atomic mass is 10.2. The quantitative estimate of drug-likeness (QED) is 0.718. The van der Waals surface area contributed by atoms with Crippen LogP contribution in [-0.2, 0) is 6.54 Å². The lowest BCUT2D eigenvalue weighted by Crippen LogP contribution is -2.22. The van der Waals surface area contributed by atoms with Gasteiger partial charge < -0.3 is 10.5 Å². The molecule has 0 amide bonds. The van der Waals surface area contributed by atoms with Gasteiger partial charge in [-0.15, -0.1) is 0 Å². The summed E-state index contributed by atoms with van der Waals surface area (Å²) in [5, 5.41) is 0. The summed E-state index contributed by atoms with van der Waals surface area (Å²) < 4.78 is 5.53. The van der Waals surface area contributed by atoms with Gasteiger partial charge in [-0.2, -0.15) is 0 Å². The predicted molar refractivity (Wildman–Crippen MR) is 76.8 cm³/mol. The fourth-order valence-electron chi connectivity index (χ4n) is 1.73. The Morgan fingerprint density at radius 1 is 1.39 bits per heavy atom. The molecule has 0 aliphatic carbocycles. The maximum Gasteiger partial charge on any atom is 0.119 e. The lowest BCUT2D eigenvalue weighted by Gasteiger charge is -2.18. The molecule has 0 fully saturated rings. The molecule has 3 nitrogen and oxygen atoms in total. The van der Waals surface area contributed by atoms with Crippen molar-refractivity contribution in [2.45, 2.75) is 20.4 Å². The highest BCUT2D eigenvalue weighted by Gasteiger charge is 2.03. The summed E-state index contributed by atoms with van der Waals surface area (Å²) in [4.78, 5) is 2.38. The third kappa shape index (κ3) is 5.34. The van der Waals surface area contributed by atoms with Gasteiger partial charge in [0.05, 0.1) is 0 Å². The minimum atomic E-state index is 0.548. The van der Waals surface area contributed by atoms with Gasteiger partial charge in [0.2, 0.25) is 0 Å². The van der Waals surface area contributed by atoms with Crippen molar-refractivity contribution in [3.8, 4) is 5.75 Å². The van der Waals surface area contributed by atoms with Gasteiger partial charge >= 0.3 is 0 Å². The van der Waals surface area contributed by atoms with Crippen molar-refractivity contribution in [2.24, 2.45) is 5.73 Å². The van der Waals surface area contributed by atoms with Gasteiger partial charge in [0, 0.05) is 19.6 Å². The number of likely N-dealkylation sites (N-methyl/N-ethyl adjacent to an activating group) is 1. The molecule has 1 aromatic rings. The number of nitrogens with zero attached hydrogens (tertiary/aromatic N) is 1. The minimum Gasteiger partial charge on any atom is -0.492 e. The van der Waals surface area contributed by atoms with Crippen molar-refractivity contribution in [1.29, 1.82) is 0 Å². The minimum absolute atomic E-state index is 0.548. The van der Waals surface area contributed by atoms with Crippen molar-refractivity contribution in [1.82, 2.24) is 4.90 Å². The zero-order chi connectivity index (χ0) is 13.2. The Bertz CT molecular complexity index is 363. The summed E-state index contributed by atoms with van der Waals surface area (Å²) >= 11 is 0. The standard InChI is InChI=1S/C15H24N2O/c1-3-5-10-17(4-2)13-14-7-6-8-15(12-14)18-11-9-16/h3,5-8,12H,4,9-11,13,16H2,1-2H3/b5-3+. The molecule has 100 valence electrons. The Morgan fingerprint density at radius 2 is 2.22 bits per heavy atom. The maximum atomic E-state index is 5.53. The topological polar surface area (TPSA) is 38.5 Å². The zero-order valence-electron chi connectivity index (χ0n) is 11.4. The molecule has 18 heavy (non-hydrogen) atoms. The van der Waals surface area contributed by atoms with Crippen molar-refractivity contribution >= 4 is 0 Å². The largest absolute Gasteiger partial charge is 0.492 e. The molecular weight excluding hydrogens is 224 g/mol. The number of rotatable bonds is 8. The van der Waals surface area contributed by atoms with Crippen LogP contribution in [-0.4, -0.2) is 31.1 Å². The molecule has 0 saturated carbocycles. The average Bonchev–Trinajstić information content (AvgIpc) is 2.41. The molecule has 0 aliphatic heterocycles. The highest BCUT2D eigenvalue weighted by atomic mass is 16.5. The van der Waals surface area contributed by atoms with Crippen molar-refractivity contribution < 1.29 is 4.74 Å². The van der Waals surface area contributed by atoms with E-state index in [4.69, 9.17) is 10.5 Å². The molecule has 0 atom stereocenters. The Hall–Kier alpha value is -1.32. The molecule has 0 bridgehead atoms. The molecule has 2 N–H and O–H groups in total. The molecule has 0 saturated heterocycles. The first kappa shape index (κ1) is 14.7. The molecule has 1 rings (SSSR count). The second-order valence-electron chi connectivity index (χ2n) is 4.18. The van der Waals surface area contributed by atoms with E-state index in [1.807, 2.05) is 12.1 Å². The molecule has 0 heterocycles. The van der Waals surface area contributed by atoms with Gasteiger partial charge in [0.25, 0.3) is 0 Å². The Kier molecular flexibility index (Phi) is 7.14. The number of hydrogen-bond donors (Lipinski definition) is 1. The van der Waals surface area contributed by atoms with E-state index in [0.717, 1.165) is 25.4 Å². The molecule has 0 unspecified atom stereocenters. The Balaban J connectivity index is 2.59. The summed E-state index contributed by atoms with van der Waals surface area (Å²) in [7, 11) is 0. The number of nitrogens with two attached hydrogens (primary N) is 1. The molecule has 0 radical (unpaired) electrons. The van der Waals surface area contributed by atoms with Crippen LogP contribution in [0.4, 0.5) is 0 Å². The summed E-state index contributed by atoms with van der Waals surface area (Å²) in [6.07, 6.45) is 4.27. The van der Waals surface area contributed by atoms with Crippen LogP contribution in [0, 0.1) is 0 Å². The van der Waals surface area contributed by atoms with E-state index in [-0.39, 0.29) is 0 Å². The van der Waals surface area contributed by atoms with Crippen molar-refractivity contribution in [3.63, 3.8) is 0 Å². The van der Waals surface area contributed by atoms with Gasteiger partial charge in [0.1, 0.15) is 12.4 Å². The van der Waals surface area contributed by atoms with Crippen LogP contribution >= 0.6 is 0 Å². The van der Waals surface area contributed by atoms with E-state index in [0.29, 0.717) is 13.2 Å². The first-order chi connectivity index (χ1) is 8.80. The SMILES string of the molecule is C/C=C/CN(CC)Cc1cccc(OCCN)c1. The molecular formula is C15H24N2O. The Labute approximate surface area is 110 Å². The van der Waals surface area contributed by atoms with Crippen LogP contribution in [0.3, 0.4) is 0 Å². The summed E-state index contributed by atoms with van der Waals surface area (Å²) in [5.74, 6) is 0.903. The van der Waals surface area contributed by atoms with Crippen LogP contribution in [0.25, 0.3) is 0 Å². The molecule has 0 aromatic heterocycles. The summed E-state index contributed by atoms with van der Waals surface area (Å²) in [6, 6.07) is 8.23. The highest BCUT2D eigenvalue weighted by Crippen LogP contribution is 2.14. The van der Waals surface area contributed by atoms with Gasteiger partial charge in [0.15, 0.2) is 0 Å². The average molecular weight is 248 g/mol. The number of benzene rings is 1. The fourth-order valence-corrected chi connectivity index (χ4v) is 1.73.